The van der Waals surface area contributed by atoms with Gasteiger partial charge in [-0.2, -0.15) is 9.78 Å². The number of aromatic nitrogens is 2. The van der Waals surface area contributed by atoms with Crippen molar-refractivity contribution in [1.29, 1.82) is 0 Å². The number of halogens is 1. The molecule has 0 unspecified atom stereocenters. The van der Waals surface area contributed by atoms with Crippen LogP contribution in [0.5, 0.6) is 5.75 Å². The number of hydrogen-bond donors (Lipinski definition) is 1. The third kappa shape index (κ3) is 4.92. The van der Waals surface area contributed by atoms with Crippen LogP contribution >= 0.6 is 0 Å². The standard InChI is InChI=1S/C21H22FN3O4S/c1-2-3-4-13-29-20-19(15-5-11-18(12-6-15)30(23,27)28)14-24-25(21(20)26)17-9-7-16(22)8-10-17/h5-12,14H,2-4,13H2,1H3,(H2,23,27,28). The molecule has 0 aliphatic heterocycles. The van der Waals surface area contributed by atoms with Gasteiger partial charge in [-0.1, -0.05) is 31.9 Å². The number of benzene rings is 2. The Morgan fingerprint density at radius 2 is 1.73 bits per heavy atom. The van der Waals surface area contributed by atoms with E-state index in [0.29, 0.717) is 23.4 Å². The molecule has 158 valence electrons. The first-order valence-electron chi connectivity index (χ1n) is 9.45. The van der Waals surface area contributed by atoms with E-state index in [0.717, 1.165) is 23.9 Å². The molecule has 0 fully saturated rings. The largest absolute Gasteiger partial charge is 0.487 e. The van der Waals surface area contributed by atoms with E-state index in [4.69, 9.17) is 9.88 Å². The lowest BCUT2D eigenvalue weighted by atomic mass is 10.1. The highest BCUT2D eigenvalue weighted by Gasteiger charge is 2.17. The molecule has 0 spiro atoms. The Morgan fingerprint density at radius 1 is 1.07 bits per heavy atom. The Labute approximate surface area is 174 Å². The van der Waals surface area contributed by atoms with Crippen LogP contribution in [0.1, 0.15) is 26.2 Å². The Balaban J connectivity index is 2.06. The van der Waals surface area contributed by atoms with Gasteiger partial charge in [-0.15, -0.1) is 0 Å². The van der Waals surface area contributed by atoms with Gasteiger partial charge >= 0.3 is 5.56 Å². The molecule has 0 radical (unpaired) electrons. The van der Waals surface area contributed by atoms with Gasteiger partial charge in [-0.3, -0.25) is 4.79 Å². The second kappa shape index (κ2) is 9.19. The molecule has 0 aliphatic rings. The van der Waals surface area contributed by atoms with E-state index in [1.54, 1.807) is 0 Å². The maximum Gasteiger partial charge on any atom is 0.314 e. The summed E-state index contributed by atoms with van der Waals surface area (Å²) in [4.78, 5) is 13.1. The van der Waals surface area contributed by atoms with Crippen molar-refractivity contribution in [3.8, 4) is 22.6 Å². The van der Waals surface area contributed by atoms with Crippen molar-refractivity contribution in [3.05, 3.63) is 70.9 Å². The predicted octanol–water partition coefficient (Wildman–Crippen LogP) is 3.26. The molecule has 0 saturated heterocycles. The highest BCUT2D eigenvalue weighted by atomic mass is 32.2. The molecule has 0 amide bonds. The van der Waals surface area contributed by atoms with Gasteiger partial charge < -0.3 is 4.74 Å². The number of hydrogen-bond acceptors (Lipinski definition) is 5. The molecule has 7 nitrogen and oxygen atoms in total. The molecule has 30 heavy (non-hydrogen) atoms. The lowest BCUT2D eigenvalue weighted by Crippen LogP contribution is -2.24. The van der Waals surface area contributed by atoms with Crippen molar-refractivity contribution < 1.29 is 17.5 Å². The fourth-order valence-corrected chi connectivity index (χ4v) is 3.42. The lowest BCUT2D eigenvalue weighted by molar-refractivity contribution is 0.301. The highest BCUT2D eigenvalue weighted by molar-refractivity contribution is 7.89. The van der Waals surface area contributed by atoms with Crippen molar-refractivity contribution in [2.24, 2.45) is 5.14 Å². The van der Waals surface area contributed by atoms with Crippen molar-refractivity contribution in [1.82, 2.24) is 9.78 Å². The molecule has 1 aromatic heterocycles. The maximum absolute atomic E-state index is 13.2. The smallest absolute Gasteiger partial charge is 0.314 e. The molecule has 2 N–H and O–H groups in total. The van der Waals surface area contributed by atoms with Crippen LogP contribution in [0, 0.1) is 5.82 Å². The summed E-state index contributed by atoms with van der Waals surface area (Å²) in [5.41, 5.74) is 0.890. The first-order chi connectivity index (χ1) is 14.3. The van der Waals surface area contributed by atoms with Crippen molar-refractivity contribution >= 4 is 10.0 Å². The molecular formula is C21H22FN3O4S. The summed E-state index contributed by atoms with van der Waals surface area (Å²) in [6, 6.07) is 11.2. The van der Waals surface area contributed by atoms with Gasteiger partial charge in [0.2, 0.25) is 10.0 Å². The maximum atomic E-state index is 13.2. The fourth-order valence-electron chi connectivity index (χ4n) is 2.90. The predicted molar refractivity (Wildman–Crippen MR) is 112 cm³/mol. The summed E-state index contributed by atoms with van der Waals surface area (Å²) < 4.78 is 43.2. The molecule has 0 aliphatic carbocycles. The van der Waals surface area contributed by atoms with Crippen LogP contribution in [-0.4, -0.2) is 24.8 Å². The second-order valence-corrected chi connectivity index (χ2v) is 8.27. The number of primary sulfonamides is 1. The quantitative estimate of drug-likeness (QED) is 0.551. The summed E-state index contributed by atoms with van der Waals surface area (Å²) in [5, 5.41) is 9.33. The van der Waals surface area contributed by atoms with Gasteiger partial charge in [0.05, 0.1) is 23.4 Å². The van der Waals surface area contributed by atoms with Gasteiger partial charge in [0.15, 0.2) is 5.75 Å². The molecule has 2 aromatic carbocycles. The Bertz CT molecular complexity index is 1170. The monoisotopic (exact) mass is 431 g/mol. The van der Waals surface area contributed by atoms with E-state index < -0.39 is 21.4 Å². The Morgan fingerprint density at radius 3 is 2.33 bits per heavy atom. The van der Waals surface area contributed by atoms with Gasteiger partial charge in [-0.25, -0.2) is 17.9 Å². The third-order valence-electron chi connectivity index (χ3n) is 4.49. The summed E-state index contributed by atoms with van der Waals surface area (Å²) in [5.74, 6) is -0.330. The third-order valence-corrected chi connectivity index (χ3v) is 5.42. The normalized spacial score (nSPS) is 11.4. The first kappa shape index (κ1) is 21.7. The van der Waals surface area contributed by atoms with E-state index >= 15 is 0 Å². The van der Waals surface area contributed by atoms with Gasteiger partial charge in [-0.05, 0) is 48.4 Å². The van der Waals surface area contributed by atoms with Crippen LogP contribution in [0.2, 0.25) is 0 Å². The molecule has 3 aromatic rings. The number of rotatable bonds is 8. The van der Waals surface area contributed by atoms with Gasteiger partial charge in [0.25, 0.3) is 0 Å². The summed E-state index contributed by atoms with van der Waals surface area (Å²) in [7, 11) is -3.83. The molecule has 0 saturated carbocycles. The van der Waals surface area contributed by atoms with Crippen molar-refractivity contribution in [2.45, 2.75) is 31.1 Å². The highest BCUT2D eigenvalue weighted by Crippen LogP contribution is 2.28. The Hall–Kier alpha value is -3.04. The molecule has 0 atom stereocenters. The molecule has 3 rings (SSSR count). The molecule has 0 bridgehead atoms. The van der Waals surface area contributed by atoms with Crippen LogP contribution in [0.3, 0.4) is 0 Å². The average molecular weight is 431 g/mol. The second-order valence-electron chi connectivity index (χ2n) is 6.71. The zero-order valence-electron chi connectivity index (χ0n) is 16.4. The topological polar surface area (TPSA) is 104 Å². The lowest BCUT2D eigenvalue weighted by Gasteiger charge is -2.13. The first-order valence-corrected chi connectivity index (χ1v) is 11.0. The van der Waals surface area contributed by atoms with E-state index in [1.165, 1.54) is 54.7 Å². The van der Waals surface area contributed by atoms with Crippen molar-refractivity contribution in [2.75, 3.05) is 6.61 Å². The van der Waals surface area contributed by atoms with E-state index in [-0.39, 0.29) is 10.6 Å². The molecule has 9 heteroatoms. The van der Waals surface area contributed by atoms with E-state index in [9.17, 15) is 17.6 Å². The zero-order chi connectivity index (χ0) is 21.7. The SMILES string of the molecule is CCCCCOc1c(-c2ccc(S(N)(=O)=O)cc2)cnn(-c2ccc(F)cc2)c1=O. The fraction of sp³-hybridized carbons (Fsp3) is 0.238. The van der Waals surface area contributed by atoms with Crippen LogP contribution in [0.15, 0.2) is 64.4 Å². The average Bonchev–Trinajstić information content (AvgIpc) is 2.72. The number of sulfonamides is 1. The number of nitrogens with two attached hydrogens (primary N) is 1. The van der Waals surface area contributed by atoms with Crippen LogP contribution in [0.4, 0.5) is 4.39 Å². The minimum atomic E-state index is -3.83. The number of nitrogens with zero attached hydrogens (tertiary/aromatic N) is 2. The molecule has 1 heterocycles. The van der Waals surface area contributed by atoms with Crippen LogP contribution in [-0.2, 0) is 10.0 Å². The van der Waals surface area contributed by atoms with Crippen LogP contribution < -0.4 is 15.4 Å². The zero-order valence-corrected chi connectivity index (χ0v) is 17.2. The van der Waals surface area contributed by atoms with E-state index in [2.05, 4.69) is 12.0 Å². The minimum Gasteiger partial charge on any atom is -0.487 e. The number of ether oxygens (including phenoxy) is 1. The van der Waals surface area contributed by atoms with Gasteiger partial charge in [0, 0.05) is 5.56 Å². The molecular weight excluding hydrogens is 409 g/mol. The minimum absolute atomic E-state index is 0.0377. The summed E-state index contributed by atoms with van der Waals surface area (Å²) in [6.07, 6.45) is 4.20. The number of unbranched alkanes of at least 4 members (excludes halogenated alkanes) is 2. The van der Waals surface area contributed by atoms with Crippen molar-refractivity contribution in [3.63, 3.8) is 0 Å². The summed E-state index contributed by atoms with van der Waals surface area (Å²) in [6.45, 7) is 2.41. The Kier molecular flexibility index (Phi) is 6.63. The summed E-state index contributed by atoms with van der Waals surface area (Å²) >= 11 is 0. The van der Waals surface area contributed by atoms with E-state index in [1.807, 2.05) is 0 Å². The van der Waals surface area contributed by atoms with Gasteiger partial charge in [0.1, 0.15) is 5.82 Å². The van der Waals surface area contributed by atoms with Crippen LogP contribution in [0.25, 0.3) is 16.8 Å².